The van der Waals surface area contributed by atoms with Gasteiger partial charge >= 0.3 is 13.2 Å². The maximum absolute atomic E-state index is 12.3. The molecule has 4 aromatic carbocycles. The molecule has 72 heavy (non-hydrogen) atoms. The molecule has 0 radical (unpaired) electrons. The molecule has 4 aromatic heterocycles. The van der Waals surface area contributed by atoms with Gasteiger partial charge in [0.1, 0.15) is 10.8 Å². The van der Waals surface area contributed by atoms with E-state index in [1.165, 1.54) is 12.0 Å². The van der Waals surface area contributed by atoms with E-state index in [-0.39, 0.29) is 42.9 Å². The van der Waals surface area contributed by atoms with Gasteiger partial charge in [-0.25, -0.2) is 23.8 Å². The van der Waals surface area contributed by atoms with Gasteiger partial charge in [-0.15, -0.1) is 0 Å². The fourth-order valence-electron chi connectivity index (χ4n) is 9.18. The van der Waals surface area contributed by atoms with Crippen LogP contribution in [0.5, 0.6) is 0 Å². The Kier molecular flexibility index (Phi) is 14.6. The van der Waals surface area contributed by atoms with E-state index in [1.807, 2.05) is 106 Å². The Balaban J connectivity index is 0.000000147. The number of benzene rings is 4. The van der Waals surface area contributed by atoms with Crippen LogP contribution in [0.1, 0.15) is 110 Å². The van der Waals surface area contributed by atoms with Crippen molar-refractivity contribution in [1.29, 1.82) is 0 Å². The number of carbonyl (C=O) groups is 1. The summed E-state index contributed by atoms with van der Waals surface area (Å²) >= 11 is 6.19. The molecule has 0 atom stereocenters. The van der Waals surface area contributed by atoms with Crippen molar-refractivity contribution in [2.45, 2.75) is 129 Å². The molecule has 2 saturated carbocycles. The number of carbonyl (C=O) groups excluding carboxylic acids is 1. The second kappa shape index (κ2) is 20.3. The summed E-state index contributed by atoms with van der Waals surface area (Å²) in [7, 11) is -0.375. The van der Waals surface area contributed by atoms with Crippen LogP contribution < -0.4 is 16.5 Å². The number of rotatable bonds is 7. The highest BCUT2D eigenvalue weighted by Gasteiger charge is 2.52. The lowest BCUT2D eigenvalue weighted by molar-refractivity contribution is 0.00578. The third-order valence-electron chi connectivity index (χ3n) is 14.2. The predicted molar refractivity (Wildman–Crippen MR) is 290 cm³/mol. The zero-order valence-corrected chi connectivity index (χ0v) is 44.0. The highest BCUT2D eigenvalue weighted by atomic mass is 35.5. The van der Waals surface area contributed by atoms with Gasteiger partial charge in [-0.1, -0.05) is 121 Å². The molecule has 8 aromatic rings. The maximum atomic E-state index is 12.3. The standard InChI is InChI=1S/C23H22N4.C21H32BNO4.C13H10ClN3.CH3/c1-16-14-21-25-22(18-8-10-19(11-9-18)23(24)12-5-13-23)20(15-27(21)26-16)17-6-3-2-4-7-17;1-18(2,3)25-17(24)23-21(13-8-14-21)15-9-11-16(12-10-15)22-26-19(4,5)20(6,7)27-22;1-9-7-12-15-13(14)11(8-17(12)16-9)10-5-3-2-4-6-10;/h2-4,6-11,14-15H,5,12-13,24H2,1H3;9-12H,8,13-14H2,1-7H3,(H,23,24);2-8H,1H3;1H3/q;;;-1. The van der Waals surface area contributed by atoms with Gasteiger partial charge in [-0.2, -0.15) is 10.2 Å². The normalized spacial score (nSPS) is 17.0. The number of aryl methyl sites for hydroxylation is 2. The van der Waals surface area contributed by atoms with Crippen molar-refractivity contribution in [2.75, 3.05) is 0 Å². The van der Waals surface area contributed by atoms with Crippen LogP contribution in [0.15, 0.2) is 134 Å². The van der Waals surface area contributed by atoms with Crippen molar-refractivity contribution >= 4 is 41.6 Å². The molecule has 3 fully saturated rings. The fraction of sp³-hybridized carbons (Fsp3) is 0.345. The van der Waals surface area contributed by atoms with Crippen molar-refractivity contribution in [3.8, 4) is 33.5 Å². The van der Waals surface area contributed by atoms with E-state index >= 15 is 0 Å². The first kappa shape index (κ1) is 52.0. The fourth-order valence-corrected chi connectivity index (χ4v) is 9.42. The van der Waals surface area contributed by atoms with Crippen LogP contribution in [-0.2, 0) is 25.1 Å². The Hall–Kier alpha value is -6.38. The van der Waals surface area contributed by atoms with Crippen molar-refractivity contribution in [3.05, 3.63) is 169 Å². The van der Waals surface area contributed by atoms with Crippen LogP contribution in [-0.4, -0.2) is 59.2 Å². The summed E-state index contributed by atoms with van der Waals surface area (Å²) in [4.78, 5) is 21.6. The van der Waals surface area contributed by atoms with E-state index in [9.17, 15) is 4.79 Å². The molecule has 0 spiro atoms. The molecule has 374 valence electrons. The Morgan fingerprint density at radius 3 is 1.65 bits per heavy atom. The summed E-state index contributed by atoms with van der Waals surface area (Å²) in [6.07, 6.45) is 9.91. The number of hydrogen-bond acceptors (Lipinski definition) is 9. The van der Waals surface area contributed by atoms with Gasteiger partial charge in [0, 0.05) is 46.8 Å². The van der Waals surface area contributed by atoms with Crippen molar-refractivity contribution in [1.82, 2.24) is 34.5 Å². The molecule has 1 saturated heterocycles. The highest BCUT2D eigenvalue weighted by molar-refractivity contribution is 6.62. The van der Waals surface area contributed by atoms with Gasteiger partial charge in [-0.3, -0.25) is 0 Å². The summed E-state index contributed by atoms with van der Waals surface area (Å²) in [6.45, 7) is 17.8. The lowest BCUT2D eigenvalue weighted by atomic mass is 9.70. The molecule has 3 N–H and O–H groups in total. The number of ether oxygens (including phenoxy) is 1. The van der Waals surface area contributed by atoms with Crippen LogP contribution >= 0.6 is 11.6 Å². The maximum Gasteiger partial charge on any atom is 0.494 e. The van der Waals surface area contributed by atoms with E-state index in [4.69, 9.17) is 36.4 Å². The minimum atomic E-state index is -0.504. The van der Waals surface area contributed by atoms with Gasteiger partial charge in [0.25, 0.3) is 0 Å². The average Bonchev–Trinajstić information content (AvgIpc) is 3.94. The summed E-state index contributed by atoms with van der Waals surface area (Å²) in [5, 5.41) is 12.5. The Bertz CT molecular complexity index is 3140. The molecular formula is C58H67BClN8O4-. The Morgan fingerprint density at radius 2 is 1.17 bits per heavy atom. The van der Waals surface area contributed by atoms with Crippen LogP contribution in [0.4, 0.5) is 4.79 Å². The van der Waals surface area contributed by atoms with E-state index in [2.05, 4.69) is 115 Å². The van der Waals surface area contributed by atoms with Crippen LogP contribution in [0.2, 0.25) is 5.15 Å². The van der Waals surface area contributed by atoms with Crippen LogP contribution in [0.3, 0.4) is 0 Å². The molecule has 0 bridgehead atoms. The van der Waals surface area contributed by atoms with Gasteiger partial charge in [-0.05, 0) is 129 Å². The Morgan fingerprint density at radius 1 is 0.681 bits per heavy atom. The van der Waals surface area contributed by atoms with Gasteiger partial charge in [0.05, 0.1) is 33.8 Å². The molecule has 5 heterocycles. The molecule has 14 heteroatoms. The summed E-state index contributed by atoms with van der Waals surface area (Å²) < 4.78 is 21.3. The van der Waals surface area contributed by atoms with Crippen molar-refractivity contribution in [2.24, 2.45) is 5.73 Å². The first-order valence-corrected chi connectivity index (χ1v) is 25.0. The minimum Gasteiger partial charge on any atom is -0.444 e. The number of nitrogens with one attached hydrogen (secondary N) is 1. The van der Waals surface area contributed by atoms with Gasteiger partial charge in [0.2, 0.25) is 0 Å². The van der Waals surface area contributed by atoms with E-state index in [1.54, 1.807) is 4.52 Å². The van der Waals surface area contributed by atoms with E-state index in [0.717, 1.165) is 99.3 Å². The molecule has 12 nitrogen and oxygen atoms in total. The number of halogens is 1. The zero-order chi connectivity index (χ0) is 50.3. The number of amides is 1. The molecule has 1 amide bonds. The minimum absolute atomic E-state index is 0. The van der Waals surface area contributed by atoms with Gasteiger partial charge < -0.3 is 32.5 Å². The summed E-state index contributed by atoms with van der Waals surface area (Å²) in [6, 6.07) is 41.0. The third-order valence-corrected chi connectivity index (χ3v) is 14.5. The first-order chi connectivity index (χ1) is 33.7. The van der Waals surface area contributed by atoms with E-state index < -0.39 is 5.60 Å². The molecule has 2 aliphatic carbocycles. The van der Waals surface area contributed by atoms with Gasteiger partial charge in [0.15, 0.2) is 11.3 Å². The molecule has 3 aliphatic rings. The zero-order valence-electron chi connectivity index (χ0n) is 43.3. The van der Waals surface area contributed by atoms with E-state index in [0.29, 0.717) is 5.15 Å². The smallest absolute Gasteiger partial charge is 0.444 e. The molecule has 1 aliphatic heterocycles. The second-order valence-corrected chi connectivity index (χ2v) is 21.6. The Labute approximate surface area is 429 Å². The first-order valence-electron chi connectivity index (χ1n) is 24.6. The van der Waals surface area contributed by atoms with Crippen LogP contribution in [0.25, 0.3) is 44.8 Å². The summed E-state index contributed by atoms with van der Waals surface area (Å²) in [5.74, 6) is 0. The number of aromatic nitrogens is 6. The topological polar surface area (TPSA) is 143 Å². The van der Waals surface area contributed by atoms with Crippen molar-refractivity contribution < 1.29 is 18.8 Å². The molecular weight excluding hydrogens is 919 g/mol. The predicted octanol–water partition coefficient (Wildman–Crippen LogP) is 12.4. The number of hydrogen-bond donors (Lipinski definition) is 2. The van der Waals surface area contributed by atoms with Crippen molar-refractivity contribution in [3.63, 3.8) is 0 Å². The SMILES string of the molecule is CC(C)(C)OC(=O)NC1(c2ccc(B3OC(C)(C)C(C)(C)O3)cc2)CCC1.Cc1cc2nc(-c3ccc(C4(N)CCC4)cc3)c(-c3ccccc3)cn2n1.Cc1cc2nc(Cl)c(-c3ccccc3)cn2n1.[CH3-]. The third kappa shape index (κ3) is 11.0. The monoisotopic (exact) mass is 986 g/mol. The number of nitrogens with zero attached hydrogens (tertiary/aromatic N) is 6. The lowest BCUT2D eigenvalue weighted by Gasteiger charge is -2.43. The molecule has 0 unspecified atom stereocenters. The van der Waals surface area contributed by atoms with Crippen LogP contribution in [0, 0.1) is 21.3 Å². The largest absolute Gasteiger partial charge is 0.494 e. The number of fused-ring (bicyclic) bond motifs is 2. The second-order valence-electron chi connectivity index (χ2n) is 21.2. The quantitative estimate of drug-likeness (QED) is 0.0906. The highest BCUT2D eigenvalue weighted by Crippen LogP contribution is 2.43. The molecule has 11 rings (SSSR count). The number of alkyl carbamates (subject to hydrolysis) is 1. The lowest BCUT2D eigenvalue weighted by Crippen LogP contribution is -2.52. The summed E-state index contributed by atoms with van der Waals surface area (Å²) in [5.41, 5.74) is 17.8. The number of nitrogens with two attached hydrogens (primary N) is 1. The average molecular weight is 986 g/mol.